The summed E-state index contributed by atoms with van der Waals surface area (Å²) >= 11 is 1.20. The van der Waals surface area contributed by atoms with Crippen molar-refractivity contribution in [1.29, 1.82) is 0 Å². The van der Waals surface area contributed by atoms with Gasteiger partial charge in [-0.25, -0.2) is 4.39 Å². The number of carbonyl (C=O) groups excluding carboxylic acids is 1. The van der Waals surface area contributed by atoms with Crippen LogP contribution in [-0.4, -0.2) is 31.3 Å². The molecule has 0 bridgehead atoms. The van der Waals surface area contributed by atoms with Crippen molar-refractivity contribution in [3.8, 4) is 5.75 Å². The summed E-state index contributed by atoms with van der Waals surface area (Å²) in [5.41, 5.74) is 0.243. The Morgan fingerprint density at radius 3 is 2.59 bits per heavy atom. The molecular weight excluding hydrogens is 437 g/mol. The number of ether oxygens (including phenoxy) is 1. The summed E-state index contributed by atoms with van der Waals surface area (Å²) in [4.78, 5) is 22.7. The van der Waals surface area contributed by atoms with Crippen LogP contribution in [0.2, 0.25) is 0 Å². The molecule has 0 aliphatic rings. The van der Waals surface area contributed by atoms with Crippen LogP contribution >= 0.6 is 11.8 Å². The third kappa shape index (κ3) is 5.82. The van der Waals surface area contributed by atoms with E-state index in [1.165, 1.54) is 54.2 Å². The molecule has 3 rings (SSSR count). The second kappa shape index (κ2) is 10.2. The van der Waals surface area contributed by atoms with E-state index in [9.17, 15) is 19.3 Å². The van der Waals surface area contributed by atoms with Crippen molar-refractivity contribution in [2.75, 3.05) is 11.1 Å². The molecule has 0 spiro atoms. The summed E-state index contributed by atoms with van der Waals surface area (Å²) in [5, 5.41) is 22.5. The first-order chi connectivity index (χ1) is 15.2. The molecule has 168 valence electrons. The predicted octanol–water partition coefficient (Wildman–Crippen LogP) is 4.78. The second-order valence-corrected chi connectivity index (χ2v) is 8.11. The normalized spacial score (nSPS) is 11.9. The number of benzene rings is 2. The first-order valence-corrected chi connectivity index (χ1v) is 10.8. The van der Waals surface area contributed by atoms with Crippen LogP contribution in [0.3, 0.4) is 0 Å². The molecule has 1 amide bonds. The molecule has 0 saturated heterocycles. The monoisotopic (exact) mass is 459 g/mol. The summed E-state index contributed by atoms with van der Waals surface area (Å²) in [5.74, 6) is 0.442. The molecule has 0 radical (unpaired) electrons. The van der Waals surface area contributed by atoms with Gasteiger partial charge in [-0.1, -0.05) is 17.8 Å². The molecule has 1 aromatic heterocycles. The van der Waals surface area contributed by atoms with E-state index in [2.05, 4.69) is 15.5 Å². The van der Waals surface area contributed by atoms with Gasteiger partial charge in [-0.3, -0.25) is 14.9 Å². The molecule has 0 aliphatic heterocycles. The molecule has 1 atom stereocenters. The zero-order chi connectivity index (χ0) is 23.3. The van der Waals surface area contributed by atoms with Crippen molar-refractivity contribution in [2.24, 2.45) is 0 Å². The SMILES string of the molecule is CC(Oc1ccc(F)cc1)c1nnc(SCC(=O)Nc2cccc([N+](=O)[O-])c2)n1C(C)C. The number of nitrogens with zero attached hydrogens (tertiary/aromatic N) is 4. The van der Waals surface area contributed by atoms with Crippen LogP contribution in [-0.2, 0) is 4.79 Å². The Balaban J connectivity index is 1.67. The number of nitro groups is 1. The molecule has 0 aliphatic carbocycles. The fourth-order valence-electron chi connectivity index (χ4n) is 2.94. The fourth-order valence-corrected chi connectivity index (χ4v) is 3.82. The van der Waals surface area contributed by atoms with Gasteiger partial charge in [0.25, 0.3) is 5.69 Å². The molecular formula is C21H22FN5O4S. The smallest absolute Gasteiger partial charge is 0.271 e. The molecule has 2 aromatic carbocycles. The molecule has 1 N–H and O–H groups in total. The number of aromatic nitrogens is 3. The quantitative estimate of drug-likeness (QED) is 0.278. The number of hydrogen-bond donors (Lipinski definition) is 1. The fraction of sp³-hybridized carbons (Fsp3) is 0.286. The van der Waals surface area contributed by atoms with Crippen molar-refractivity contribution < 1.29 is 18.8 Å². The van der Waals surface area contributed by atoms with Crippen LogP contribution in [0.1, 0.15) is 38.7 Å². The van der Waals surface area contributed by atoms with E-state index in [0.29, 0.717) is 22.4 Å². The third-order valence-corrected chi connectivity index (χ3v) is 5.31. The average molecular weight is 460 g/mol. The van der Waals surface area contributed by atoms with Crippen molar-refractivity contribution in [2.45, 2.75) is 38.1 Å². The van der Waals surface area contributed by atoms with Crippen molar-refractivity contribution >= 4 is 29.0 Å². The minimum absolute atomic E-state index is 0.00148. The van der Waals surface area contributed by atoms with E-state index < -0.39 is 11.0 Å². The van der Waals surface area contributed by atoms with Gasteiger partial charge < -0.3 is 14.6 Å². The summed E-state index contributed by atoms with van der Waals surface area (Å²) < 4.78 is 20.9. The van der Waals surface area contributed by atoms with Crippen LogP contribution in [0, 0.1) is 15.9 Å². The van der Waals surface area contributed by atoms with Crippen molar-refractivity contribution in [3.63, 3.8) is 0 Å². The molecule has 3 aromatic rings. The zero-order valence-electron chi connectivity index (χ0n) is 17.7. The number of thioether (sulfide) groups is 1. The van der Waals surface area contributed by atoms with Gasteiger partial charge in [0.1, 0.15) is 11.6 Å². The topological polar surface area (TPSA) is 112 Å². The van der Waals surface area contributed by atoms with Crippen LogP contribution in [0.5, 0.6) is 5.75 Å². The first-order valence-electron chi connectivity index (χ1n) is 9.78. The van der Waals surface area contributed by atoms with Crippen LogP contribution in [0.15, 0.2) is 53.7 Å². The van der Waals surface area contributed by atoms with Crippen LogP contribution in [0.25, 0.3) is 0 Å². The van der Waals surface area contributed by atoms with Crippen molar-refractivity contribution in [3.05, 3.63) is 70.3 Å². The Kier molecular flexibility index (Phi) is 7.41. The number of rotatable bonds is 9. The lowest BCUT2D eigenvalue weighted by atomic mass is 10.3. The van der Waals surface area contributed by atoms with E-state index in [1.54, 1.807) is 6.07 Å². The predicted molar refractivity (Wildman–Crippen MR) is 118 cm³/mol. The zero-order valence-corrected chi connectivity index (χ0v) is 18.5. The van der Waals surface area contributed by atoms with Gasteiger partial charge in [0.05, 0.1) is 10.7 Å². The number of halogens is 1. The van der Waals surface area contributed by atoms with Gasteiger partial charge in [-0.05, 0) is 51.1 Å². The number of carbonyl (C=O) groups is 1. The largest absolute Gasteiger partial charge is 0.483 e. The van der Waals surface area contributed by atoms with E-state index >= 15 is 0 Å². The lowest BCUT2D eigenvalue weighted by Crippen LogP contribution is -2.16. The van der Waals surface area contributed by atoms with Crippen molar-refractivity contribution in [1.82, 2.24) is 14.8 Å². The second-order valence-electron chi connectivity index (χ2n) is 7.16. The number of hydrogen-bond acceptors (Lipinski definition) is 7. The summed E-state index contributed by atoms with van der Waals surface area (Å²) in [6, 6.07) is 11.4. The van der Waals surface area contributed by atoms with Crippen LogP contribution in [0.4, 0.5) is 15.8 Å². The lowest BCUT2D eigenvalue weighted by Gasteiger charge is -2.18. The Hall–Kier alpha value is -3.47. The van der Waals surface area contributed by atoms with Gasteiger partial charge >= 0.3 is 0 Å². The maximum Gasteiger partial charge on any atom is 0.271 e. The minimum Gasteiger partial charge on any atom is -0.483 e. The number of amides is 1. The van der Waals surface area contributed by atoms with Gasteiger partial charge in [-0.2, -0.15) is 0 Å². The Morgan fingerprint density at radius 1 is 1.22 bits per heavy atom. The Labute approximate surface area is 188 Å². The van der Waals surface area contributed by atoms with E-state index in [-0.39, 0.29) is 29.2 Å². The highest BCUT2D eigenvalue weighted by Gasteiger charge is 2.22. The number of non-ortho nitro benzene ring substituents is 1. The minimum atomic E-state index is -0.522. The number of nitro benzene ring substituents is 1. The Bertz CT molecular complexity index is 1100. The molecule has 0 fully saturated rings. The number of anilines is 1. The highest BCUT2D eigenvalue weighted by molar-refractivity contribution is 7.99. The lowest BCUT2D eigenvalue weighted by molar-refractivity contribution is -0.384. The molecule has 11 heteroatoms. The van der Waals surface area contributed by atoms with E-state index in [0.717, 1.165) is 0 Å². The summed E-state index contributed by atoms with van der Waals surface area (Å²) in [7, 11) is 0. The van der Waals surface area contributed by atoms with E-state index in [1.807, 2.05) is 25.3 Å². The van der Waals surface area contributed by atoms with Gasteiger partial charge in [0, 0.05) is 23.9 Å². The third-order valence-electron chi connectivity index (χ3n) is 4.37. The molecule has 32 heavy (non-hydrogen) atoms. The summed E-state index contributed by atoms with van der Waals surface area (Å²) in [6.45, 7) is 5.74. The molecule has 1 unspecified atom stereocenters. The molecule has 1 heterocycles. The first kappa shape index (κ1) is 23.2. The van der Waals surface area contributed by atoms with E-state index in [4.69, 9.17) is 4.74 Å². The van der Waals surface area contributed by atoms with Crippen LogP contribution < -0.4 is 10.1 Å². The highest BCUT2D eigenvalue weighted by Crippen LogP contribution is 2.28. The standard InChI is InChI=1S/C21H22FN5O4S/c1-13(2)26-20(14(3)31-18-9-7-15(22)8-10-18)24-25-21(26)32-12-19(28)23-16-5-4-6-17(11-16)27(29)30/h4-11,13-14H,12H2,1-3H3,(H,23,28). The highest BCUT2D eigenvalue weighted by atomic mass is 32.2. The summed E-state index contributed by atoms with van der Waals surface area (Å²) in [6.07, 6.45) is -0.455. The molecule has 0 saturated carbocycles. The molecule has 9 nitrogen and oxygen atoms in total. The maximum atomic E-state index is 13.1. The van der Waals surface area contributed by atoms with Gasteiger partial charge in [0.15, 0.2) is 17.1 Å². The average Bonchev–Trinajstić information content (AvgIpc) is 3.18. The van der Waals surface area contributed by atoms with Gasteiger partial charge in [0.2, 0.25) is 5.91 Å². The maximum absolute atomic E-state index is 13.1. The number of nitrogens with one attached hydrogen (secondary N) is 1. The Morgan fingerprint density at radius 2 is 1.94 bits per heavy atom. The van der Waals surface area contributed by atoms with Gasteiger partial charge in [-0.15, -0.1) is 10.2 Å².